The zero-order valence-electron chi connectivity index (χ0n) is 14.5. The number of nitrogens with zero attached hydrogens (tertiary/aromatic N) is 1. The summed E-state index contributed by atoms with van der Waals surface area (Å²) < 4.78 is 0. The van der Waals surface area contributed by atoms with Gasteiger partial charge in [-0.1, -0.05) is 65.2 Å². The standard InChI is InChI=1S/C17H33N3O2/c1-4-6-8-10-12-17(3,13-11-9-7-5-2)20-15(21)14(18)19-16(20)22/h14H,4-13,18H2,1-3H3,(H,19,22). The van der Waals surface area contributed by atoms with E-state index in [0.717, 1.165) is 38.5 Å². The molecule has 1 aliphatic rings. The summed E-state index contributed by atoms with van der Waals surface area (Å²) in [5.74, 6) is -0.279. The van der Waals surface area contributed by atoms with Crippen molar-refractivity contribution in [1.82, 2.24) is 10.2 Å². The fourth-order valence-electron chi connectivity index (χ4n) is 3.22. The summed E-state index contributed by atoms with van der Waals surface area (Å²) in [5.41, 5.74) is 5.28. The maximum atomic E-state index is 12.3. The van der Waals surface area contributed by atoms with Crippen LogP contribution in [-0.4, -0.2) is 28.5 Å². The van der Waals surface area contributed by atoms with Crippen LogP contribution in [0.25, 0.3) is 0 Å². The normalized spacial score (nSPS) is 18.9. The lowest BCUT2D eigenvalue weighted by molar-refractivity contribution is -0.131. The molecular weight excluding hydrogens is 278 g/mol. The molecule has 0 aromatic heterocycles. The third-order valence-electron chi connectivity index (χ3n) is 4.65. The number of hydrogen-bond donors (Lipinski definition) is 2. The molecule has 1 fully saturated rings. The maximum Gasteiger partial charge on any atom is 0.326 e. The van der Waals surface area contributed by atoms with Crippen LogP contribution >= 0.6 is 0 Å². The van der Waals surface area contributed by atoms with E-state index < -0.39 is 11.7 Å². The van der Waals surface area contributed by atoms with Crippen molar-refractivity contribution in [1.29, 1.82) is 0 Å². The average molecular weight is 311 g/mol. The SMILES string of the molecule is CCCCCCC(C)(CCCCCC)N1C(=O)NC(N)C1=O. The number of nitrogens with one attached hydrogen (secondary N) is 1. The molecule has 128 valence electrons. The molecule has 0 spiro atoms. The summed E-state index contributed by atoms with van der Waals surface area (Å²) in [6.07, 6.45) is 10.0. The van der Waals surface area contributed by atoms with E-state index in [2.05, 4.69) is 19.2 Å². The first kappa shape index (κ1) is 18.9. The highest BCUT2D eigenvalue weighted by Gasteiger charge is 2.46. The van der Waals surface area contributed by atoms with E-state index in [9.17, 15) is 9.59 Å². The van der Waals surface area contributed by atoms with Crippen molar-refractivity contribution in [2.24, 2.45) is 5.73 Å². The monoisotopic (exact) mass is 311 g/mol. The van der Waals surface area contributed by atoms with Crippen LogP contribution in [-0.2, 0) is 4.79 Å². The number of hydrogen-bond acceptors (Lipinski definition) is 3. The predicted molar refractivity (Wildman–Crippen MR) is 89.3 cm³/mol. The van der Waals surface area contributed by atoms with Crippen molar-refractivity contribution < 1.29 is 9.59 Å². The molecule has 3 N–H and O–H groups in total. The van der Waals surface area contributed by atoms with E-state index >= 15 is 0 Å². The van der Waals surface area contributed by atoms with Crippen LogP contribution in [0.1, 0.15) is 85.0 Å². The van der Waals surface area contributed by atoms with E-state index in [0.29, 0.717) is 0 Å². The Labute approximate surface area is 135 Å². The lowest BCUT2D eigenvalue weighted by Crippen LogP contribution is -2.51. The highest BCUT2D eigenvalue weighted by molar-refractivity contribution is 6.04. The van der Waals surface area contributed by atoms with E-state index in [4.69, 9.17) is 5.73 Å². The molecule has 22 heavy (non-hydrogen) atoms. The fourth-order valence-corrected chi connectivity index (χ4v) is 3.22. The minimum Gasteiger partial charge on any atom is -0.314 e. The van der Waals surface area contributed by atoms with Crippen molar-refractivity contribution in [3.8, 4) is 0 Å². The molecule has 0 bridgehead atoms. The zero-order chi connectivity index (χ0) is 16.6. The van der Waals surface area contributed by atoms with Gasteiger partial charge in [0.15, 0.2) is 6.17 Å². The topological polar surface area (TPSA) is 75.4 Å². The number of carbonyl (C=O) groups is 2. The Morgan fingerprint density at radius 3 is 1.86 bits per heavy atom. The van der Waals surface area contributed by atoms with Crippen molar-refractivity contribution >= 4 is 11.9 Å². The molecule has 0 saturated carbocycles. The van der Waals surface area contributed by atoms with E-state index in [-0.39, 0.29) is 11.9 Å². The summed E-state index contributed by atoms with van der Waals surface area (Å²) >= 11 is 0. The first-order valence-electron chi connectivity index (χ1n) is 8.86. The molecule has 1 atom stereocenters. The number of carbonyl (C=O) groups excluding carboxylic acids is 2. The largest absolute Gasteiger partial charge is 0.326 e. The van der Waals surface area contributed by atoms with Gasteiger partial charge in [0.05, 0.1) is 0 Å². The third-order valence-corrected chi connectivity index (χ3v) is 4.65. The number of urea groups is 1. The molecule has 1 saturated heterocycles. The third kappa shape index (κ3) is 4.97. The van der Waals surface area contributed by atoms with Gasteiger partial charge in [0.1, 0.15) is 0 Å². The highest BCUT2D eigenvalue weighted by atomic mass is 16.2. The molecule has 1 heterocycles. The van der Waals surface area contributed by atoms with Gasteiger partial charge in [-0.25, -0.2) is 4.79 Å². The maximum absolute atomic E-state index is 12.3. The second kappa shape index (κ2) is 9.13. The minimum absolute atomic E-state index is 0.279. The Hall–Kier alpha value is -1.10. The van der Waals surface area contributed by atoms with Gasteiger partial charge < -0.3 is 11.1 Å². The summed E-state index contributed by atoms with van der Waals surface area (Å²) in [5, 5.41) is 2.54. The second-order valence-electron chi connectivity index (χ2n) is 6.72. The van der Waals surface area contributed by atoms with Crippen LogP contribution in [0.2, 0.25) is 0 Å². The quantitative estimate of drug-likeness (QED) is 0.453. The Balaban J connectivity index is 2.71. The number of rotatable bonds is 11. The van der Waals surface area contributed by atoms with Crippen LogP contribution < -0.4 is 11.1 Å². The Morgan fingerprint density at radius 1 is 1.00 bits per heavy atom. The molecular formula is C17H33N3O2. The molecule has 0 radical (unpaired) electrons. The lowest BCUT2D eigenvalue weighted by Gasteiger charge is -2.37. The Kier molecular flexibility index (Phi) is 7.87. The first-order valence-corrected chi connectivity index (χ1v) is 8.86. The molecule has 5 nitrogen and oxygen atoms in total. The van der Waals surface area contributed by atoms with Crippen molar-refractivity contribution in [2.45, 2.75) is 96.7 Å². The van der Waals surface area contributed by atoms with Crippen LogP contribution in [0.5, 0.6) is 0 Å². The van der Waals surface area contributed by atoms with E-state index in [1.165, 1.54) is 30.6 Å². The number of unbranched alkanes of at least 4 members (excludes halogenated alkanes) is 6. The summed E-state index contributed by atoms with van der Waals surface area (Å²) in [7, 11) is 0. The van der Waals surface area contributed by atoms with E-state index in [1.54, 1.807) is 0 Å². The summed E-state index contributed by atoms with van der Waals surface area (Å²) in [6, 6.07) is -0.328. The lowest BCUT2D eigenvalue weighted by atomic mass is 9.86. The average Bonchev–Trinajstić information content (AvgIpc) is 2.74. The van der Waals surface area contributed by atoms with Crippen molar-refractivity contribution in [2.75, 3.05) is 0 Å². The number of amides is 3. The van der Waals surface area contributed by atoms with Gasteiger partial charge in [-0.15, -0.1) is 0 Å². The van der Waals surface area contributed by atoms with Gasteiger partial charge in [-0.2, -0.15) is 0 Å². The van der Waals surface area contributed by atoms with Crippen LogP contribution in [0.4, 0.5) is 4.79 Å². The summed E-state index contributed by atoms with van der Waals surface area (Å²) in [4.78, 5) is 25.8. The van der Waals surface area contributed by atoms with Gasteiger partial charge in [0.2, 0.25) is 0 Å². The zero-order valence-corrected chi connectivity index (χ0v) is 14.5. The smallest absolute Gasteiger partial charge is 0.314 e. The molecule has 5 heteroatoms. The molecule has 1 unspecified atom stereocenters. The minimum atomic E-state index is -0.877. The molecule has 3 amide bonds. The summed E-state index contributed by atoms with van der Waals surface area (Å²) in [6.45, 7) is 6.40. The van der Waals surface area contributed by atoms with Crippen LogP contribution in [0.15, 0.2) is 0 Å². The molecule has 0 aromatic carbocycles. The number of nitrogens with two attached hydrogens (primary N) is 1. The van der Waals surface area contributed by atoms with Crippen molar-refractivity contribution in [3.63, 3.8) is 0 Å². The molecule has 0 aliphatic carbocycles. The number of imide groups is 1. The van der Waals surface area contributed by atoms with Gasteiger partial charge in [0.25, 0.3) is 5.91 Å². The molecule has 1 aliphatic heterocycles. The van der Waals surface area contributed by atoms with Crippen LogP contribution in [0, 0.1) is 0 Å². The molecule has 0 aromatic rings. The molecule has 1 rings (SSSR count). The first-order chi connectivity index (χ1) is 10.5. The van der Waals surface area contributed by atoms with E-state index in [1.807, 2.05) is 6.92 Å². The second-order valence-corrected chi connectivity index (χ2v) is 6.72. The Morgan fingerprint density at radius 2 is 1.50 bits per heavy atom. The highest BCUT2D eigenvalue weighted by Crippen LogP contribution is 2.31. The van der Waals surface area contributed by atoms with Gasteiger partial charge >= 0.3 is 6.03 Å². The Bertz CT molecular complexity index is 359. The van der Waals surface area contributed by atoms with Gasteiger partial charge in [-0.3, -0.25) is 9.69 Å². The van der Waals surface area contributed by atoms with Crippen molar-refractivity contribution in [3.05, 3.63) is 0 Å². The van der Waals surface area contributed by atoms with Crippen LogP contribution in [0.3, 0.4) is 0 Å². The fraction of sp³-hybridized carbons (Fsp3) is 0.882. The predicted octanol–water partition coefficient (Wildman–Crippen LogP) is 3.52. The van der Waals surface area contributed by atoms with Gasteiger partial charge in [-0.05, 0) is 19.8 Å². The van der Waals surface area contributed by atoms with Gasteiger partial charge in [0, 0.05) is 5.54 Å².